The third-order valence-electron chi connectivity index (χ3n) is 4.47. The summed E-state index contributed by atoms with van der Waals surface area (Å²) in [5.74, 6) is -0.768. The van der Waals surface area contributed by atoms with E-state index in [0.29, 0.717) is 26.2 Å². The van der Waals surface area contributed by atoms with E-state index in [1.54, 1.807) is 6.92 Å². The summed E-state index contributed by atoms with van der Waals surface area (Å²) in [6.45, 7) is 6.76. The van der Waals surface area contributed by atoms with E-state index in [4.69, 9.17) is 9.15 Å². The van der Waals surface area contributed by atoms with Crippen molar-refractivity contribution >= 4 is 16.0 Å². The Morgan fingerprint density at radius 2 is 1.89 bits per heavy atom. The van der Waals surface area contributed by atoms with Gasteiger partial charge in [0.2, 0.25) is 10.9 Å². The molecule has 0 aliphatic carbocycles. The molecule has 8 heteroatoms. The maximum absolute atomic E-state index is 12.8. The van der Waals surface area contributed by atoms with Crippen LogP contribution in [0.3, 0.4) is 0 Å². The van der Waals surface area contributed by atoms with Crippen LogP contribution < -0.4 is 0 Å². The summed E-state index contributed by atoms with van der Waals surface area (Å²) >= 11 is 0. The highest BCUT2D eigenvalue weighted by Crippen LogP contribution is 2.21. The van der Waals surface area contributed by atoms with Crippen LogP contribution in [0.25, 0.3) is 0 Å². The van der Waals surface area contributed by atoms with Gasteiger partial charge in [-0.3, -0.25) is 4.90 Å². The number of ether oxygens (including phenoxy) is 1. The summed E-state index contributed by atoms with van der Waals surface area (Å²) in [4.78, 5) is 13.9. The number of rotatable bonds is 6. The number of hydrogen-bond acceptors (Lipinski definition) is 6. The molecule has 0 N–H and O–H groups in total. The van der Waals surface area contributed by atoms with Crippen LogP contribution in [0.15, 0.2) is 45.9 Å². The minimum Gasteiger partial charge on any atom is -0.460 e. The Kier molecular flexibility index (Phi) is 5.98. The lowest BCUT2D eigenvalue weighted by molar-refractivity contribution is 0.0483. The number of nitrogens with zero attached hydrogens (tertiary/aromatic N) is 2. The van der Waals surface area contributed by atoms with E-state index < -0.39 is 16.0 Å². The predicted octanol–water partition coefficient (Wildman–Crippen LogP) is 2.27. The van der Waals surface area contributed by atoms with Crippen molar-refractivity contribution in [1.82, 2.24) is 9.21 Å². The van der Waals surface area contributed by atoms with Crippen LogP contribution in [0.5, 0.6) is 0 Å². The van der Waals surface area contributed by atoms with Gasteiger partial charge in [0.25, 0.3) is 10.0 Å². The van der Waals surface area contributed by atoms with E-state index in [0.717, 1.165) is 6.54 Å². The number of carbonyl (C=O) groups is 1. The predicted molar refractivity (Wildman–Crippen MR) is 99.9 cm³/mol. The zero-order chi connectivity index (χ0) is 19.4. The van der Waals surface area contributed by atoms with Crippen LogP contribution >= 0.6 is 0 Å². The SMILES string of the molecule is CCOC(=O)c1ccc(S(=O)(=O)N2CCN(Cc3cccc(C)c3)CC2)o1. The molecular weight excluding hydrogens is 368 g/mol. The van der Waals surface area contributed by atoms with Gasteiger partial charge < -0.3 is 9.15 Å². The molecule has 1 aliphatic rings. The van der Waals surface area contributed by atoms with Gasteiger partial charge in [-0.15, -0.1) is 0 Å². The molecule has 1 aliphatic heterocycles. The zero-order valence-electron chi connectivity index (χ0n) is 15.6. The van der Waals surface area contributed by atoms with Crippen molar-refractivity contribution in [2.75, 3.05) is 32.8 Å². The second-order valence-electron chi connectivity index (χ2n) is 6.51. The quantitative estimate of drug-likeness (QED) is 0.702. The molecule has 2 aromatic rings. The summed E-state index contributed by atoms with van der Waals surface area (Å²) in [5.41, 5.74) is 2.43. The van der Waals surface area contributed by atoms with E-state index in [9.17, 15) is 13.2 Å². The number of piperazine rings is 1. The van der Waals surface area contributed by atoms with Gasteiger partial charge in [-0.25, -0.2) is 13.2 Å². The lowest BCUT2D eigenvalue weighted by Gasteiger charge is -2.33. The highest BCUT2D eigenvalue weighted by atomic mass is 32.2. The van der Waals surface area contributed by atoms with Gasteiger partial charge >= 0.3 is 5.97 Å². The molecule has 7 nitrogen and oxygen atoms in total. The molecule has 0 atom stereocenters. The van der Waals surface area contributed by atoms with E-state index in [-0.39, 0.29) is 17.5 Å². The van der Waals surface area contributed by atoms with Crippen molar-refractivity contribution in [3.8, 4) is 0 Å². The summed E-state index contributed by atoms with van der Waals surface area (Å²) in [6.07, 6.45) is 0. The Bertz CT molecular complexity index is 898. The fourth-order valence-corrected chi connectivity index (χ4v) is 4.43. The molecule has 3 rings (SSSR count). The largest absolute Gasteiger partial charge is 0.460 e. The molecule has 0 spiro atoms. The average Bonchev–Trinajstić information content (AvgIpc) is 3.14. The Hall–Kier alpha value is -2.16. The molecule has 1 aromatic carbocycles. The molecule has 1 saturated heterocycles. The van der Waals surface area contributed by atoms with Gasteiger partial charge in [0.05, 0.1) is 6.61 Å². The number of carbonyl (C=O) groups excluding carboxylic acids is 1. The van der Waals surface area contributed by atoms with Crippen molar-refractivity contribution in [1.29, 1.82) is 0 Å². The molecule has 0 radical (unpaired) electrons. The molecule has 1 aromatic heterocycles. The second kappa shape index (κ2) is 8.24. The van der Waals surface area contributed by atoms with Crippen molar-refractivity contribution < 1.29 is 22.4 Å². The van der Waals surface area contributed by atoms with Crippen LogP contribution in [0.1, 0.15) is 28.6 Å². The third-order valence-corrected chi connectivity index (χ3v) is 6.24. The molecule has 0 unspecified atom stereocenters. The first-order valence-corrected chi connectivity index (χ1v) is 10.4. The normalized spacial score (nSPS) is 16.4. The average molecular weight is 392 g/mol. The van der Waals surface area contributed by atoms with E-state index in [1.165, 1.54) is 27.6 Å². The Balaban J connectivity index is 1.62. The highest BCUT2D eigenvalue weighted by molar-refractivity contribution is 7.89. The van der Waals surface area contributed by atoms with Gasteiger partial charge in [-0.05, 0) is 31.5 Å². The highest BCUT2D eigenvalue weighted by Gasteiger charge is 2.31. The van der Waals surface area contributed by atoms with Crippen LogP contribution in [-0.2, 0) is 21.3 Å². The zero-order valence-corrected chi connectivity index (χ0v) is 16.4. The van der Waals surface area contributed by atoms with Crippen molar-refractivity contribution in [3.05, 3.63) is 53.3 Å². The van der Waals surface area contributed by atoms with Gasteiger partial charge in [-0.1, -0.05) is 29.8 Å². The van der Waals surface area contributed by atoms with Crippen LogP contribution in [0.4, 0.5) is 0 Å². The maximum Gasteiger partial charge on any atom is 0.374 e. The maximum atomic E-state index is 12.8. The van der Waals surface area contributed by atoms with Crippen molar-refractivity contribution in [2.24, 2.45) is 0 Å². The van der Waals surface area contributed by atoms with E-state index in [2.05, 4.69) is 30.0 Å². The third kappa shape index (κ3) is 4.58. The number of sulfonamides is 1. The topological polar surface area (TPSA) is 80.1 Å². The molecule has 0 saturated carbocycles. The minimum absolute atomic E-state index is 0.103. The Morgan fingerprint density at radius 1 is 1.15 bits per heavy atom. The molecule has 0 amide bonds. The molecule has 0 bridgehead atoms. The second-order valence-corrected chi connectivity index (χ2v) is 8.38. The fourth-order valence-electron chi connectivity index (χ4n) is 3.09. The number of esters is 1. The minimum atomic E-state index is -3.76. The van der Waals surface area contributed by atoms with Crippen LogP contribution in [0.2, 0.25) is 0 Å². The number of hydrogen-bond donors (Lipinski definition) is 0. The summed E-state index contributed by atoms with van der Waals surface area (Å²) in [6, 6.07) is 10.9. The summed E-state index contributed by atoms with van der Waals surface area (Å²) in [7, 11) is -3.76. The van der Waals surface area contributed by atoms with Crippen LogP contribution in [-0.4, -0.2) is 56.4 Å². The van der Waals surface area contributed by atoms with Gasteiger partial charge in [0, 0.05) is 32.7 Å². The smallest absolute Gasteiger partial charge is 0.374 e. The first kappa shape index (κ1) is 19.6. The van der Waals surface area contributed by atoms with Crippen LogP contribution in [0, 0.1) is 6.92 Å². The van der Waals surface area contributed by atoms with Gasteiger partial charge in [0.1, 0.15) is 0 Å². The Morgan fingerprint density at radius 3 is 2.56 bits per heavy atom. The first-order valence-electron chi connectivity index (χ1n) is 8.95. The summed E-state index contributed by atoms with van der Waals surface area (Å²) < 4.78 is 37.0. The molecule has 2 heterocycles. The lowest BCUT2D eigenvalue weighted by atomic mass is 10.1. The van der Waals surface area contributed by atoms with Gasteiger partial charge in [0.15, 0.2) is 0 Å². The van der Waals surface area contributed by atoms with Crippen molar-refractivity contribution in [3.63, 3.8) is 0 Å². The fraction of sp³-hybridized carbons (Fsp3) is 0.421. The van der Waals surface area contributed by atoms with E-state index >= 15 is 0 Å². The number of furan rings is 1. The van der Waals surface area contributed by atoms with Crippen molar-refractivity contribution in [2.45, 2.75) is 25.5 Å². The standard InChI is InChI=1S/C19H24N2O5S/c1-3-25-19(22)17-7-8-18(26-17)27(23,24)21-11-9-20(10-12-21)14-16-6-4-5-15(2)13-16/h4-8,13H,3,9-12,14H2,1-2H3. The Labute approximate surface area is 159 Å². The van der Waals surface area contributed by atoms with Gasteiger partial charge in [-0.2, -0.15) is 4.31 Å². The van der Waals surface area contributed by atoms with E-state index in [1.807, 2.05) is 6.07 Å². The monoisotopic (exact) mass is 392 g/mol. The molecule has 27 heavy (non-hydrogen) atoms. The number of aryl methyl sites for hydroxylation is 1. The molecular formula is C19H24N2O5S. The first-order chi connectivity index (χ1) is 12.9. The lowest BCUT2D eigenvalue weighted by Crippen LogP contribution is -2.48. The number of benzene rings is 1. The molecule has 1 fully saturated rings. The summed E-state index contributed by atoms with van der Waals surface area (Å²) in [5, 5.41) is -0.224. The molecule has 146 valence electrons.